The molecule has 3 rings (SSSR count). The van der Waals surface area contributed by atoms with Crippen LogP contribution in [0.3, 0.4) is 0 Å². The summed E-state index contributed by atoms with van der Waals surface area (Å²) >= 11 is 12.1. The molecule has 0 radical (unpaired) electrons. The maximum absolute atomic E-state index is 12.5. The van der Waals surface area contributed by atoms with Crippen molar-refractivity contribution in [2.24, 2.45) is 11.1 Å². The van der Waals surface area contributed by atoms with Crippen molar-refractivity contribution in [1.29, 1.82) is 0 Å². The van der Waals surface area contributed by atoms with Gasteiger partial charge in [0, 0.05) is 22.2 Å². The van der Waals surface area contributed by atoms with Crippen LogP contribution in [-0.4, -0.2) is 45.7 Å². The molecule has 1 amide bonds. The van der Waals surface area contributed by atoms with Crippen LogP contribution in [0.5, 0.6) is 0 Å². The molecule has 1 aromatic rings. The Kier molecular flexibility index (Phi) is 4.56. The Balaban J connectivity index is 1.96. The van der Waals surface area contributed by atoms with E-state index in [1.54, 1.807) is 39.0 Å². The molecule has 26 heavy (non-hydrogen) atoms. The Morgan fingerprint density at radius 2 is 1.92 bits per heavy atom. The number of hydrogen-bond donors (Lipinski definition) is 1. The summed E-state index contributed by atoms with van der Waals surface area (Å²) in [5, 5.41) is 14.6. The first-order chi connectivity index (χ1) is 12.0. The number of carbonyl (C=O) groups is 2. The summed E-state index contributed by atoms with van der Waals surface area (Å²) in [6.45, 7) is 5.28. The second-order valence-electron chi connectivity index (χ2n) is 7.20. The van der Waals surface area contributed by atoms with Crippen molar-refractivity contribution >= 4 is 41.0 Å². The summed E-state index contributed by atoms with van der Waals surface area (Å²) in [5.41, 5.74) is -1.76. The number of hydrogen-bond acceptors (Lipinski definition) is 5. The molecule has 1 N–H and O–H groups in total. The van der Waals surface area contributed by atoms with Gasteiger partial charge in [0.1, 0.15) is 5.60 Å². The normalized spacial score (nSPS) is 24.7. The predicted molar refractivity (Wildman–Crippen MR) is 95.5 cm³/mol. The third-order valence-corrected chi connectivity index (χ3v) is 4.64. The standard InChI is InChI=1S/C17H18Cl2N2O5/c1-16(2,3)25-15(24)21-5-4-12-13(20-26-17(12,21)14(22)23)9-6-10(18)8-11(19)7-9/h6-8,12H,4-5H2,1-3H3,(H,22,23). The molecule has 1 saturated heterocycles. The fourth-order valence-electron chi connectivity index (χ4n) is 3.23. The van der Waals surface area contributed by atoms with Gasteiger partial charge < -0.3 is 14.7 Å². The number of nitrogens with zero attached hydrogens (tertiary/aromatic N) is 2. The van der Waals surface area contributed by atoms with Gasteiger partial charge in [-0.25, -0.2) is 9.59 Å². The first kappa shape index (κ1) is 18.8. The van der Waals surface area contributed by atoms with Gasteiger partial charge in [-0.1, -0.05) is 28.4 Å². The average Bonchev–Trinajstić information content (AvgIpc) is 3.01. The molecule has 2 heterocycles. The van der Waals surface area contributed by atoms with Crippen LogP contribution < -0.4 is 0 Å². The van der Waals surface area contributed by atoms with Gasteiger partial charge in [0.25, 0.3) is 0 Å². The monoisotopic (exact) mass is 400 g/mol. The quantitative estimate of drug-likeness (QED) is 0.815. The lowest BCUT2D eigenvalue weighted by Gasteiger charge is -2.33. The highest BCUT2D eigenvalue weighted by atomic mass is 35.5. The largest absolute Gasteiger partial charge is 0.477 e. The number of rotatable bonds is 2. The van der Waals surface area contributed by atoms with Crippen LogP contribution in [0.25, 0.3) is 0 Å². The lowest BCUT2D eigenvalue weighted by Crippen LogP contribution is -2.57. The number of aliphatic carboxylic acids is 1. The lowest BCUT2D eigenvalue weighted by atomic mass is 9.88. The minimum Gasteiger partial charge on any atom is -0.477 e. The molecule has 0 aliphatic carbocycles. The zero-order valence-electron chi connectivity index (χ0n) is 14.5. The van der Waals surface area contributed by atoms with E-state index in [-0.39, 0.29) is 6.54 Å². The fraction of sp³-hybridized carbons (Fsp3) is 0.471. The van der Waals surface area contributed by atoms with Crippen molar-refractivity contribution in [3.8, 4) is 0 Å². The molecular weight excluding hydrogens is 383 g/mol. The van der Waals surface area contributed by atoms with E-state index < -0.39 is 29.3 Å². The number of benzene rings is 1. The van der Waals surface area contributed by atoms with Gasteiger partial charge in [0.05, 0.1) is 11.6 Å². The first-order valence-corrected chi connectivity index (χ1v) is 8.77. The highest BCUT2D eigenvalue weighted by Gasteiger charge is 2.65. The van der Waals surface area contributed by atoms with Crippen molar-refractivity contribution in [2.75, 3.05) is 6.54 Å². The summed E-state index contributed by atoms with van der Waals surface area (Å²) in [6, 6.07) is 4.82. The van der Waals surface area contributed by atoms with E-state index in [4.69, 9.17) is 32.8 Å². The van der Waals surface area contributed by atoms with Crippen LogP contribution in [0.1, 0.15) is 32.8 Å². The molecule has 0 spiro atoms. The molecule has 1 aromatic carbocycles. The Bertz CT molecular complexity index is 785. The van der Waals surface area contributed by atoms with Crippen molar-refractivity contribution in [3.05, 3.63) is 33.8 Å². The van der Waals surface area contributed by atoms with Gasteiger partial charge >= 0.3 is 17.8 Å². The molecule has 9 heteroatoms. The summed E-state index contributed by atoms with van der Waals surface area (Å²) in [6.07, 6.45) is -0.405. The minimum absolute atomic E-state index is 0.166. The van der Waals surface area contributed by atoms with E-state index in [2.05, 4.69) is 5.16 Å². The second-order valence-corrected chi connectivity index (χ2v) is 8.07. The van der Waals surface area contributed by atoms with E-state index >= 15 is 0 Å². The van der Waals surface area contributed by atoms with Crippen LogP contribution in [-0.2, 0) is 14.4 Å². The number of amides is 1. The Morgan fingerprint density at radius 3 is 2.46 bits per heavy atom. The minimum atomic E-state index is -1.94. The average molecular weight is 401 g/mol. The summed E-state index contributed by atoms with van der Waals surface area (Å²) in [7, 11) is 0. The highest BCUT2D eigenvalue weighted by molar-refractivity contribution is 6.35. The number of halogens is 2. The van der Waals surface area contributed by atoms with E-state index in [9.17, 15) is 14.7 Å². The van der Waals surface area contributed by atoms with Gasteiger partial charge in [0.15, 0.2) is 0 Å². The molecule has 2 atom stereocenters. The number of carbonyl (C=O) groups excluding carboxylic acids is 1. The van der Waals surface area contributed by atoms with Crippen LogP contribution in [0.4, 0.5) is 4.79 Å². The SMILES string of the molecule is CC(C)(C)OC(=O)N1CCC2C(c3cc(Cl)cc(Cl)c3)=NOC21C(=O)O. The molecule has 0 bridgehead atoms. The number of ether oxygens (including phenoxy) is 1. The van der Waals surface area contributed by atoms with Crippen molar-refractivity contribution in [1.82, 2.24) is 4.90 Å². The maximum atomic E-state index is 12.5. The third-order valence-electron chi connectivity index (χ3n) is 4.21. The Hall–Kier alpha value is -1.99. The zero-order valence-corrected chi connectivity index (χ0v) is 16.0. The number of carboxylic acids is 1. The number of likely N-dealkylation sites (tertiary alicyclic amines) is 1. The molecule has 7 nitrogen and oxygen atoms in total. The third kappa shape index (κ3) is 3.10. The summed E-state index contributed by atoms with van der Waals surface area (Å²) in [4.78, 5) is 31.1. The predicted octanol–water partition coefficient (Wildman–Crippen LogP) is 3.77. The smallest absolute Gasteiger partial charge is 0.413 e. The van der Waals surface area contributed by atoms with E-state index in [0.29, 0.717) is 27.7 Å². The van der Waals surface area contributed by atoms with Gasteiger partial charge in [-0.2, -0.15) is 0 Å². The molecule has 140 valence electrons. The lowest BCUT2D eigenvalue weighted by molar-refractivity contribution is -0.186. The molecule has 0 saturated carbocycles. The van der Waals surface area contributed by atoms with Crippen LogP contribution in [0.2, 0.25) is 10.0 Å². The Morgan fingerprint density at radius 1 is 1.31 bits per heavy atom. The van der Waals surface area contributed by atoms with Gasteiger partial charge in [-0.05, 0) is 45.4 Å². The maximum Gasteiger partial charge on any atom is 0.413 e. The first-order valence-electron chi connectivity index (χ1n) is 8.01. The van der Waals surface area contributed by atoms with Crippen LogP contribution in [0.15, 0.2) is 23.4 Å². The molecular formula is C17H18Cl2N2O5. The van der Waals surface area contributed by atoms with Gasteiger partial charge in [-0.15, -0.1) is 0 Å². The summed E-state index contributed by atoms with van der Waals surface area (Å²) in [5.74, 6) is -1.97. The highest BCUT2D eigenvalue weighted by Crippen LogP contribution is 2.44. The van der Waals surface area contributed by atoms with Crippen molar-refractivity contribution < 1.29 is 24.3 Å². The van der Waals surface area contributed by atoms with E-state index in [0.717, 1.165) is 4.90 Å². The zero-order chi connectivity index (χ0) is 19.3. The fourth-order valence-corrected chi connectivity index (χ4v) is 3.75. The number of fused-ring (bicyclic) bond motifs is 1. The van der Waals surface area contributed by atoms with Crippen LogP contribution >= 0.6 is 23.2 Å². The second kappa shape index (κ2) is 6.32. The molecule has 2 aliphatic heterocycles. The molecule has 1 fully saturated rings. The Labute approximate surface area is 160 Å². The number of carboxylic acid groups (broad SMARTS) is 1. The van der Waals surface area contributed by atoms with Crippen molar-refractivity contribution in [2.45, 2.75) is 38.5 Å². The van der Waals surface area contributed by atoms with E-state index in [1.165, 1.54) is 0 Å². The van der Waals surface area contributed by atoms with Gasteiger partial charge in [-0.3, -0.25) is 4.90 Å². The molecule has 2 aliphatic rings. The van der Waals surface area contributed by atoms with Crippen LogP contribution in [0, 0.1) is 5.92 Å². The topological polar surface area (TPSA) is 88.4 Å². The van der Waals surface area contributed by atoms with Crippen molar-refractivity contribution in [3.63, 3.8) is 0 Å². The number of oxime groups is 1. The van der Waals surface area contributed by atoms with Gasteiger partial charge in [0.2, 0.25) is 0 Å². The van der Waals surface area contributed by atoms with E-state index in [1.807, 2.05) is 0 Å². The molecule has 0 aromatic heterocycles. The molecule has 2 unspecified atom stereocenters. The summed E-state index contributed by atoms with van der Waals surface area (Å²) < 4.78 is 5.33.